The molecule has 2 saturated carbocycles. The third-order valence-electron chi connectivity index (χ3n) is 5.12. The number of carbonyl (C=O) groups excluding carboxylic acids is 1. The van der Waals surface area contributed by atoms with Crippen LogP contribution in [0.1, 0.15) is 46.0 Å². The standard InChI is InChI=1S/C15H27N3O/c1-10-7-11(2)18(8-10)9-15(14(16)19,12-3-4-12)17-13-5-6-13/h10-13,17H,3-9H2,1-2H3,(H2,16,19). The summed E-state index contributed by atoms with van der Waals surface area (Å²) in [6.45, 7) is 6.50. The fourth-order valence-electron chi connectivity index (χ4n) is 3.74. The van der Waals surface area contributed by atoms with Crippen molar-refractivity contribution >= 4 is 5.91 Å². The van der Waals surface area contributed by atoms with E-state index in [-0.39, 0.29) is 5.91 Å². The quantitative estimate of drug-likeness (QED) is 0.756. The minimum atomic E-state index is -0.459. The Hall–Kier alpha value is -0.610. The molecule has 1 saturated heterocycles. The summed E-state index contributed by atoms with van der Waals surface area (Å²) in [6.07, 6.45) is 5.95. The monoisotopic (exact) mass is 265 g/mol. The van der Waals surface area contributed by atoms with E-state index in [1.54, 1.807) is 0 Å². The Morgan fingerprint density at radius 1 is 1.32 bits per heavy atom. The molecular weight excluding hydrogens is 238 g/mol. The van der Waals surface area contributed by atoms with E-state index < -0.39 is 5.54 Å². The first-order valence-electron chi connectivity index (χ1n) is 7.83. The van der Waals surface area contributed by atoms with Crippen LogP contribution in [0.5, 0.6) is 0 Å². The molecule has 3 N–H and O–H groups in total. The van der Waals surface area contributed by atoms with Gasteiger partial charge in [-0.2, -0.15) is 0 Å². The molecule has 3 aliphatic rings. The van der Waals surface area contributed by atoms with Crippen LogP contribution in [0, 0.1) is 11.8 Å². The lowest BCUT2D eigenvalue weighted by molar-refractivity contribution is -0.126. The van der Waals surface area contributed by atoms with Crippen molar-refractivity contribution in [3.63, 3.8) is 0 Å². The van der Waals surface area contributed by atoms with Gasteiger partial charge in [0.15, 0.2) is 0 Å². The van der Waals surface area contributed by atoms with Crippen LogP contribution in [-0.4, -0.2) is 41.5 Å². The lowest BCUT2D eigenvalue weighted by Crippen LogP contribution is -2.64. The van der Waals surface area contributed by atoms with Gasteiger partial charge in [0.05, 0.1) is 0 Å². The average Bonchev–Trinajstić information content (AvgIpc) is 3.20. The first-order valence-corrected chi connectivity index (χ1v) is 7.83. The van der Waals surface area contributed by atoms with Crippen LogP contribution in [0.2, 0.25) is 0 Å². The fraction of sp³-hybridized carbons (Fsp3) is 0.933. The van der Waals surface area contributed by atoms with E-state index >= 15 is 0 Å². The molecule has 4 nitrogen and oxygen atoms in total. The van der Waals surface area contributed by atoms with Crippen molar-refractivity contribution in [2.24, 2.45) is 17.6 Å². The number of nitrogens with one attached hydrogen (secondary N) is 1. The Kier molecular flexibility index (Phi) is 3.34. The molecule has 1 heterocycles. The van der Waals surface area contributed by atoms with Gasteiger partial charge in [0.25, 0.3) is 0 Å². The molecule has 0 aromatic carbocycles. The number of nitrogens with zero attached hydrogens (tertiary/aromatic N) is 1. The van der Waals surface area contributed by atoms with Crippen LogP contribution in [-0.2, 0) is 4.79 Å². The van der Waals surface area contributed by atoms with Crippen LogP contribution < -0.4 is 11.1 Å². The molecule has 3 fully saturated rings. The molecule has 2 aliphatic carbocycles. The van der Waals surface area contributed by atoms with Gasteiger partial charge in [0, 0.05) is 25.2 Å². The van der Waals surface area contributed by atoms with Crippen molar-refractivity contribution in [1.82, 2.24) is 10.2 Å². The van der Waals surface area contributed by atoms with Gasteiger partial charge in [-0.15, -0.1) is 0 Å². The Balaban J connectivity index is 1.75. The molecule has 0 aromatic heterocycles. The highest BCUT2D eigenvalue weighted by Gasteiger charge is 2.53. The Morgan fingerprint density at radius 2 is 2.00 bits per heavy atom. The number of nitrogens with two attached hydrogens (primary N) is 1. The van der Waals surface area contributed by atoms with Crippen molar-refractivity contribution in [1.29, 1.82) is 0 Å². The fourth-order valence-corrected chi connectivity index (χ4v) is 3.74. The van der Waals surface area contributed by atoms with Crippen molar-refractivity contribution in [3.8, 4) is 0 Å². The predicted molar refractivity (Wildman–Crippen MR) is 75.6 cm³/mol. The second-order valence-corrected chi connectivity index (χ2v) is 7.15. The molecule has 3 rings (SSSR count). The van der Waals surface area contributed by atoms with E-state index in [0.29, 0.717) is 18.0 Å². The normalized spacial score (nSPS) is 35.3. The lowest BCUT2D eigenvalue weighted by Gasteiger charge is -2.37. The third kappa shape index (κ3) is 2.65. The molecule has 3 atom stereocenters. The Morgan fingerprint density at radius 3 is 2.42 bits per heavy atom. The van der Waals surface area contributed by atoms with Crippen LogP contribution in [0.4, 0.5) is 0 Å². The van der Waals surface area contributed by atoms with E-state index in [2.05, 4.69) is 24.1 Å². The first-order chi connectivity index (χ1) is 9.01. The zero-order valence-corrected chi connectivity index (χ0v) is 12.2. The Labute approximate surface area is 116 Å². The molecule has 0 radical (unpaired) electrons. The van der Waals surface area contributed by atoms with Gasteiger partial charge >= 0.3 is 0 Å². The summed E-state index contributed by atoms with van der Waals surface area (Å²) in [7, 11) is 0. The van der Waals surface area contributed by atoms with Gasteiger partial charge in [-0.1, -0.05) is 6.92 Å². The van der Waals surface area contributed by atoms with E-state index in [9.17, 15) is 4.79 Å². The third-order valence-corrected chi connectivity index (χ3v) is 5.12. The number of carbonyl (C=O) groups is 1. The molecule has 1 aliphatic heterocycles. The zero-order valence-electron chi connectivity index (χ0n) is 12.2. The van der Waals surface area contributed by atoms with Crippen LogP contribution in [0.15, 0.2) is 0 Å². The van der Waals surface area contributed by atoms with E-state index in [4.69, 9.17) is 5.73 Å². The number of primary amides is 1. The van der Waals surface area contributed by atoms with Gasteiger partial charge < -0.3 is 5.73 Å². The number of hydrogen-bond acceptors (Lipinski definition) is 3. The van der Waals surface area contributed by atoms with Crippen molar-refractivity contribution < 1.29 is 4.79 Å². The largest absolute Gasteiger partial charge is 0.368 e. The van der Waals surface area contributed by atoms with Gasteiger partial charge in [-0.25, -0.2) is 0 Å². The SMILES string of the molecule is CC1CC(C)N(CC(NC2CC2)(C(N)=O)C2CC2)C1. The highest BCUT2D eigenvalue weighted by molar-refractivity contribution is 5.86. The predicted octanol–water partition coefficient (Wildman–Crippen LogP) is 1.10. The highest BCUT2D eigenvalue weighted by Crippen LogP contribution is 2.43. The molecule has 3 unspecified atom stereocenters. The number of rotatable bonds is 6. The maximum Gasteiger partial charge on any atom is 0.239 e. The van der Waals surface area contributed by atoms with Crippen LogP contribution >= 0.6 is 0 Å². The van der Waals surface area contributed by atoms with E-state index in [1.165, 1.54) is 19.3 Å². The van der Waals surface area contributed by atoms with Crippen LogP contribution in [0.3, 0.4) is 0 Å². The average molecular weight is 265 g/mol. The number of hydrogen-bond donors (Lipinski definition) is 2. The first kappa shape index (κ1) is 13.4. The second kappa shape index (κ2) is 4.74. The molecule has 108 valence electrons. The highest BCUT2D eigenvalue weighted by atomic mass is 16.1. The van der Waals surface area contributed by atoms with Crippen molar-refractivity contribution in [3.05, 3.63) is 0 Å². The minimum Gasteiger partial charge on any atom is -0.368 e. The zero-order chi connectivity index (χ0) is 13.6. The topological polar surface area (TPSA) is 58.4 Å². The molecule has 1 amide bonds. The van der Waals surface area contributed by atoms with Crippen molar-refractivity contribution in [2.45, 2.75) is 63.6 Å². The summed E-state index contributed by atoms with van der Waals surface area (Å²) in [5.41, 5.74) is 5.36. The molecule has 0 aromatic rings. The van der Waals surface area contributed by atoms with Gasteiger partial charge in [-0.05, 0) is 50.9 Å². The maximum atomic E-state index is 12.2. The van der Waals surface area contributed by atoms with Gasteiger partial charge in [0.2, 0.25) is 5.91 Å². The maximum absolute atomic E-state index is 12.2. The molecule has 4 heteroatoms. The summed E-state index contributed by atoms with van der Waals surface area (Å²) >= 11 is 0. The summed E-state index contributed by atoms with van der Waals surface area (Å²) in [5, 5.41) is 3.61. The van der Waals surface area contributed by atoms with Gasteiger partial charge in [-0.3, -0.25) is 15.0 Å². The molecule has 19 heavy (non-hydrogen) atoms. The number of amides is 1. The second-order valence-electron chi connectivity index (χ2n) is 7.15. The molecule has 0 bridgehead atoms. The van der Waals surface area contributed by atoms with E-state index in [1.807, 2.05) is 0 Å². The summed E-state index contributed by atoms with van der Waals surface area (Å²) in [6, 6.07) is 1.11. The van der Waals surface area contributed by atoms with Crippen molar-refractivity contribution in [2.75, 3.05) is 13.1 Å². The van der Waals surface area contributed by atoms with Crippen LogP contribution in [0.25, 0.3) is 0 Å². The Bertz CT molecular complexity index is 364. The summed E-state index contributed by atoms with van der Waals surface area (Å²) in [4.78, 5) is 14.7. The lowest BCUT2D eigenvalue weighted by atomic mass is 9.90. The molecule has 0 spiro atoms. The van der Waals surface area contributed by atoms with E-state index in [0.717, 1.165) is 31.8 Å². The summed E-state index contributed by atoms with van der Waals surface area (Å²) < 4.78 is 0. The smallest absolute Gasteiger partial charge is 0.239 e. The summed E-state index contributed by atoms with van der Waals surface area (Å²) in [5.74, 6) is 1.07. The van der Waals surface area contributed by atoms with Gasteiger partial charge in [0.1, 0.15) is 5.54 Å². The minimum absolute atomic E-state index is 0.131. The number of likely N-dealkylation sites (tertiary alicyclic amines) is 1. The molecular formula is C15H27N3O.